The van der Waals surface area contributed by atoms with Crippen LogP contribution < -0.4 is 0 Å². The number of carbonyl (C=O) groups excluding carboxylic acids is 2. The highest BCUT2D eigenvalue weighted by Crippen LogP contribution is 2.49. The molecule has 0 spiro atoms. The number of hydrogen-bond donors (Lipinski definition) is 0. The van der Waals surface area contributed by atoms with Gasteiger partial charge >= 0.3 is 5.97 Å². The number of carbonyl (C=O) groups is 2. The average molecular weight is 363 g/mol. The summed E-state index contributed by atoms with van der Waals surface area (Å²) in [5, 5.41) is 0. The van der Waals surface area contributed by atoms with Crippen LogP contribution in [0.1, 0.15) is 42.5 Å². The summed E-state index contributed by atoms with van der Waals surface area (Å²) in [7, 11) is -3.83. The predicted octanol–water partition coefficient (Wildman–Crippen LogP) is 2.20. The minimum Gasteiger partial charge on any atom is -0.464 e. The number of sulfonamides is 1. The van der Waals surface area contributed by atoms with Crippen molar-refractivity contribution in [2.75, 3.05) is 13.2 Å². The molecule has 4 rings (SSSR count). The molecule has 2 bridgehead atoms. The van der Waals surface area contributed by atoms with Crippen LogP contribution in [0.5, 0.6) is 0 Å². The highest BCUT2D eigenvalue weighted by molar-refractivity contribution is 7.90. The number of benzene rings is 1. The van der Waals surface area contributed by atoms with Crippen LogP contribution in [0, 0.1) is 17.8 Å². The molecule has 2 fully saturated rings. The molecule has 2 aliphatic carbocycles. The van der Waals surface area contributed by atoms with Crippen molar-refractivity contribution in [2.45, 2.75) is 37.0 Å². The van der Waals surface area contributed by atoms with Crippen LogP contribution >= 0.6 is 0 Å². The third-order valence-corrected chi connectivity index (χ3v) is 7.62. The van der Waals surface area contributed by atoms with E-state index in [2.05, 4.69) is 0 Å². The lowest BCUT2D eigenvalue weighted by atomic mass is 9.86. The number of amides is 1. The van der Waals surface area contributed by atoms with Crippen molar-refractivity contribution in [2.24, 2.45) is 17.8 Å². The number of ether oxygens (including phenoxy) is 1. The van der Waals surface area contributed by atoms with E-state index in [4.69, 9.17) is 4.74 Å². The van der Waals surface area contributed by atoms with E-state index in [0.717, 1.165) is 16.6 Å². The summed E-state index contributed by atoms with van der Waals surface area (Å²) in [6.07, 6.45) is 5.24. The molecule has 1 amide bonds. The lowest BCUT2D eigenvalue weighted by Gasteiger charge is -2.21. The van der Waals surface area contributed by atoms with E-state index in [1.54, 1.807) is 12.1 Å². The molecule has 1 aromatic rings. The summed E-state index contributed by atoms with van der Waals surface area (Å²) in [5.74, 6) is 0.979. The predicted molar refractivity (Wildman–Crippen MR) is 89.2 cm³/mol. The van der Waals surface area contributed by atoms with Crippen LogP contribution in [0.3, 0.4) is 0 Å². The first-order chi connectivity index (χ1) is 12.0. The van der Waals surface area contributed by atoms with Crippen molar-refractivity contribution >= 4 is 21.9 Å². The Morgan fingerprint density at radius 2 is 2.00 bits per heavy atom. The molecule has 0 saturated heterocycles. The summed E-state index contributed by atoms with van der Waals surface area (Å²) >= 11 is 0. The molecule has 1 aromatic carbocycles. The van der Waals surface area contributed by atoms with E-state index in [0.29, 0.717) is 18.3 Å². The van der Waals surface area contributed by atoms with Crippen molar-refractivity contribution in [1.29, 1.82) is 0 Å². The SMILES string of the molecule is O=C(C[C@H]1C[C@@H]2CC[C@@H]1C2)OCCN1C(=O)c2ccccc2S1(=O)=O. The normalized spacial score (nSPS) is 29.0. The Balaban J connectivity index is 1.32. The van der Waals surface area contributed by atoms with Gasteiger partial charge in [-0.1, -0.05) is 18.6 Å². The Bertz CT molecular complexity index is 819. The molecular weight excluding hydrogens is 342 g/mol. The van der Waals surface area contributed by atoms with Gasteiger partial charge in [0.15, 0.2) is 0 Å². The zero-order chi connectivity index (χ0) is 17.6. The van der Waals surface area contributed by atoms with Crippen LogP contribution in [-0.4, -0.2) is 37.8 Å². The van der Waals surface area contributed by atoms with Crippen molar-refractivity contribution in [3.05, 3.63) is 29.8 Å². The second kappa shape index (κ2) is 6.12. The van der Waals surface area contributed by atoms with Crippen LogP contribution in [0.2, 0.25) is 0 Å². The fourth-order valence-corrected chi connectivity index (χ4v) is 6.15. The molecule has 0 radical (unpaired) electrons. The van der Waals surface area contributed by atoms with Gasteiger partial charge in [-0.15, -0.1) is 0 Å². The van der Waals surface area contributed by atoms with Gasteiger partial charge in [0.05, 0.1) is 12.1 Å². The minimum atomic E-state index is -3.83. The van der Waals surface area contributed by atoms with Gasteiger partial charge in [0.1, 0.15) is 11.5 Å². The van der Waals surface area contributed by atoms with Crippen LogP contribution in [0.15, 0.2) is 29.2 Å². The lowest BCUT2D eigenvalue weighted by molar-refractivity contribution is -0.145. The summed E-state index contributed by atoms with van der Waals surface area (Å²) in [6.45, 7) is -0.239. The molecule has 3 aliphatic rings. The number of rotatable bonds is 5. The maximum Gasteiger partial charge on any atom is 0.306 e. The van der Waals surface area contributed by atoms with E-state index < -0.39 is 15.9 Å². The molecule has 2 saturated carbocycles. The molecule has 1 aliphatic heterocycles. The number of fused-ring (bicyclic) bond motifs is 3. The Labute approximate surface area is 147 Å². The third-order valence-electron chi connectivity index (χ3n) is 5.78. The van der Waals surface area contributed by atoms with Gasteiger partial charge < -0.3 is 4.74 Å². The van der Waals surface area contributed by atoms with Crippen molar-refractivity contribution in [3.8, 4) is 0 Å². The molecule has 7 heteroatoms. The van der Waals surface area contributed by atoms with E-state index in [1.165, 1.54) is 31.4 Å². The number of nitrogens with zero attached hydrogens (tertiary/aromatic N) is 1. The summed E-state index contributed by atoms with van der Waals surface area (Å²) < 4.78 is 30.8. The smallest absolute Gasteiger partial charge is 0.306 e. The lowest BCUT2D eigenvalue weighted by Crippen LogP contribution is -2.33. The van der Waals surface area contributed by atoms with Gasteiger partial charge in [0.25, 0.3) is 15.9 Å². The van der Waals surface area contributed by atoms with E-state index in [-0.39, 0.29) is 29.6 Å². The quantitative estimate of drug-likeness (QED) is 0.749. The molecule has 25 heavy (non-hydrogen) atoms. The molecule has 3 atom stereocenters. The third kappa shape index (κ3) is 2.84. The van der Waals surface area contributed by atoms with Crippen LogP contribution in [0.25, 0.3) is 0 Å². The molecule has 0 aromatic heterocycles. The average Bonchev–Trinajstić information content (AvgIpc) is 3.24. The monoisotopic (exact) mass is 363 g/mol. The van der Waals surface area contributed by atoms with Gasteiger partial charge in [-0.05, 0) is 49.1 Å². The van der Waals surface area contributed by atoms with Crippen molar-refractivity contribution in [1.82, 2.24) is 4.31 Å². The van der Waals surface area contributed by atoms with Crippen molar-refractivity contribution in [3.63, 3.8) is 0 Å². The first-order valence-electron chi connectivity index (χ1n) is 8.78. The van der Waals surface area contributed by atoms with Gasteiger partial charge in [0.2, 0.25) is 0 Å². The molecule has 6 nitrogen and oxygen atoms in total. The second-order valence-corrected chi connectivity index (χ2v) is 9.07. The Morgan fingerprint density at radius 3 is 2.68 bits per heavy atom. The van der Waals surface area contributed by atoms with E-state index in [1.807, 2.05) is 0 Å². The summed E-state index contributed by atoms with van der Waals surface area (Å²) in [5.41, 5.74) is 0.177. The highest BCUT2D eigenvalue weighted by Gasteiger charge is 2.42. The Morgan fingerprint density at radius 1 is 1.20 bits per heavy atom. The second-order valence-electron chi connectivity index (χ2n) is 7.24. The summed E-state index contributed by atoms with van der Waals surface area (Å²) in [6, 6.07) is 6.13. The van der Waals surface area contributed by atoms with Gasteiger partial charge in [-0.3, -0.25) is 9.59 Å². The Kier molecular flexibility index (Phi) is 4.06. The molecule has 0 N–H and O–H groups in total. The number of esters is 1. The topological polar surface area (TPSA) is 80.8 Å². The Hall–Kier alpha value is -1.89. The van der Waals surface area contributed by atoms with Crippen LogP contribution in [-0.2, 0) is 19.6 Å². The zero-order valence-corrected chi connectivity index (χ0v) is 14.7. The first-order valence-corrected chi connectivity index (χ1v) is 10.2. The standard InChI is InChI=1S/C18H21NO5S/c20-17(11-14-10-12-5-6-13(14)9-12)24-8-7-19-18(21)15-3-1-2-4-16(15)25(19,22)23/h1-4,12-14H,5-11H2/t12-,13-,14-/m1/s1. The fraction of sp³-hybridized carbons (Fsp3) is 0.556. The first kappa shape index (κ1) is 16.6. The van der Waals surface area contributed by atoms with Crippen LogP contribution in [0.4, 0.5) is 0 Å². The van der Waals surface area contributed by atoms with Crippen molar-refractivity contribution < 1.29 is 22.7 Å². The van der Waals surface area contributed by atoms with E-state index >= 15 is 0 Å². The maximum atomic E-state index is 12.4. The van der Waals surface area contributed by atoms with Gasteiger partial charge in [-0.2, -0.15) is 0 Å². The molecular formula is C18H21NO5S. The van der Waals surface area contributed by atoms with E-state index in [9.17, 15) is 18.0 Å². The molecule has 0 unspecified atom stereocenters. The van der Waals surface area contributed by atoms with Gasteiger partial charge in [0, 0.05) is 6.42 Å². The summed E-state index contributed by atoms with van der Waals surface area (Å²) in [4.78, 5) is 24.3. The minimum absolute atomic E-state index is 0.0216. The van der Waals surface area contributed by atoms with Gasteiger partial charge in [-0.25, -0.2) is 12.7 Å². The molecule has 1 heterocycles. The fourth-order valence-electron chi connectivity index (χ4n) is 4.59. The maximum absolute atomic E-state index is 12.4. The highest BCUT2D eigenvalue weighted by atomic mass is 32.2. The molecule has 134 valence electrons. The zero-order valence-electron chi connectivity index (χ0n) is 13.9. The number of hydrogen-bond acceptors (Lipinski definition) is 5. The largest absolute Gasteiger partial charge is 0.464 e.